The Morgan fingerprint density at radius 3 is 2.83 bits per heavy atom. The normalized spacial score (nSPS) is 11.2. The number of hydrogen-bond donors (Lipinski definition) is 1. The number of carbonyl (C=O) groups is 1. The Bertz CT molecular complexity index is 1230. The van der Waals surface area contributed by atoms with Gasteiger partial charge in [0, 0.05) is 24.7 Å². The summed E-state index contributed by atoms with van der Waals surface area (Å²) in [5.41, 5.74) is 1.67. The molecule has 154 valence electrons. The molecule has 0 radical (unpaired) electrons. The van der Waals surface area contributed by atoms with Crippen molar-refractivity contribution in [3.05, 3.63) is 64.6 Å². The average Bonchev–Trinajstić information content (AvgIpc) is 3.15. The highest BCUT2D eigenvalue weighted by molar-refractivity contribution is 7.99. The molecule has 3 heterocycles. The van der Waals surface area contributed by atoms with E-state index >= 15 is 0 Å². The average molecular weight is 439 g/mol. The van der Waals surface area contributed by atoms with Gasteiger partial charge < -0.3 is 5.32 Å². The lowest BCUT2D eigenvalue weighted by molar-refractivity contribution is -0.118. The number of pyridine rings is 1. The van der Waals surface area contributed by atoms with Gasteiger partial charge in [-0.3, -0.25) is 14.2 Å². The molecule has 0 aliphatic carbocycles. The summed E-state index contributed by atoms with van der Waals surface area (Å²) in [4.78, 5) is 35.5. The molecular formula is C22H22N4O2S2. The van der Waals surface area contributed by atoms with Crippen LogP contribution in [0.4, 0.5) is 0 Å². The van der Waals surface area contributed by atoms with E-state index in [1.54, 1.807) is 10.8 Å². The molecule has 0 aliphatic heterocycles. The highest BCUT2D eigenvalue weighted by Crippen LogP contribution is 2.30. The van der Waals surface area contributed by atoms with Gasteiger partial charge in [0.1, 0.15) is 9.53 Å². The van der Waals surface area contributed by atoms with Crippen LogP contribution in [0.15, 0.2) is 58.6 Å². The van der Waals surface area contributed by atoms with Crippen molar-refractivity contribution in [3.8, 4) is 0 Å². The van der Waals surface area contributed by atoms with Crippen molar-refractivity contribution in [1.82, 2.24) is 19.9 Å². The number of hydrogen-bond acceptors (Lipinski definition) is 6. The fourth-order valence-electron chi connectivity index (χ4n) is 3.14. The summed E-state index contributed by atoms with van der Waals surface area (Å²) in [6.45, 7) is 3.16. The second-order valence-corrected chi connectivity index (χ2v) is 8.83. The molecule has 0 fully saturated rings. The number of thiophene rings is 1. The number of thioether (sulfide) groups is 1. The van der Waals surface area contributed by atoms with Crippen LogP contribution < -0.4 is 10.9 Å². The van der Waals surface area contributed by atoms with Gasteiger partial charge in [-0.15, -0.1) is 11.3 Å². The molecule has 1 amide bonds. The largest absolute Gasteiger partial charge is 0.351 e. The Morgan fingerprint density at radius 1 is 1.20 bits per heavy atom. The zero-order valence-electron chi connectivity index (χ0n) is 16.6. The lowest BCUT2D eigenvalue weighted by atomic mass is 10.2. The number of fused-ring (bicyclic) bond motifs is 3. The van der Waals surface area contributed by atoms with Gasteiger partial charge in [0.25, 0.3) is 5.56 Å². The Labute approximate surface area is 182 Å². The van der Waals surface area contributed by atoms with Crippen molar-refractivity contribution < 1.29 is 4.79 Å². The minimum absolute atomic E-state index is 0.0522. The fraction of sp³-hybridized carbons (Fsp3) is 0.273. The quantitative estimate of drug-likeness (QED) is 0.329. The molecule has 4 rings (SSSR count). The summed E-state index contributed by atoms with van der Waals surface area (Å²) in [6.07, 6.45) is 3.57. The topological polar surface area (TPSA) is 76.9 Å². The second-order valence-electron chi connectivity index (χ2n) is 6.89. The fourth-order valence-corrected chi connectivity index (χ4v) is 5.02. The monoisotopic (exact) mass is 438 g/mol. The highest BCUT2D eigenvalue weighted by atomic mass is 32.2. The molecule has 1 N–H and O–H groups in total. The van der Waals surface area contributed by atoms with E-state index in [4.69, 9.17) is 4.98 Å². The molecule has 6 nitrogen and oxygen atoms in total. The second kappa shape index (κ2) is 9.40. The molecule has 0 aliphatic rings. The van der Waals surface area contributed by atoms with E-state index in [2.05, 4.69) is 17.2 Å². The lowest BCUT2D eigenvalue weighted by Gasteiger charge is -2.11. The molecular weight excluding hydrogens is 416 g/mol. The zero-order chi connectivity index (χ0) is 20.9. The first-order valence-electron chi connectivity index (χ1n) is 9.89. The SMILES string of the molecule is CCCCn1c(SCC(=O)NCc2ccccc2)nc2c(sc3ncccc32)c1=O. The minimum atomic E-state index is -0.0860. The lowest BCUT2D eigenvalue weighted by Crippen LogP contribution is -2.26. The van der Waals surface area contributed by atoms with Crippen LogP contribution in [0.2, 0.25) is 0 Å². The number of amides is 1. The van der Waals surface area contributed by atoms with E-state index in [1.807, 2.05) is 42.5 Å². The van der Waals surface area contributed by atoms with Gasteiger partial charge >= 0.3 is 0 Å². The Kier molecular flexibility index (Phi) is 6.44. The van der Waals surface area contributed by atoms with Crippen LogP contribution in [0, 0.1) is 0 Å². The number of nitrogens with one attached hydrogen (secondary N) is 1. The molecule has 0 saturated heterocycles. The summed E-state index contributed by atoms with van der Waals surface area (Å²) in [5, 5.41) is 4.39. The van der Waals surface area contributed by atoms with Crippen molar-refractivity contribution in [3.63, 3.8) is 0 Å². The zero-order valence-corrected chi connectivity index (χ0v) is 18.3. The van der Waals surface area contributed by atoms with Gasteiger partial charge in [0.2, 0.25) is 5.91 Å². The summed E-state index contributed by atoms with van der Waals surface area (Å²) in [5.74, 6) is 0.120. The number of carbonyl (C=O) groups excluding carboxylic acids is 1. The summed E-state index contributed by atoms with van der Waals surface area (Å²) in [6, 6.07) is 13.6. The molecule has 0 spiro atoms. The van der Waals surface area contributed by atoms with Crippen LogP contribution in [0.1, 0.15) is 25.3 Å². The predicted octanol–water partition coefficient (Wildman–Crippen LogP) is 4.21. The van der Waals surface area contributed by atoms with Crippen molar-refractivity contribution >= 4 is 49.4 Å². The van der Waals surface area contributed by atoms with Gasteiger partial charge in [0.15, 0.2) is 5.16 Å². The van der Waals surface area contributed by atoms with Crippen LogP contribution in [0.25, 0.3) is 20.4 Å². The Morgan fingerprint density at radius 2 is 2.03 bits per heavy atom. The molecule has 3 aromatic heterocycles. The standard InChI is InChI=1S/C22H22N4O2S2/c1-2-3-12-26-21(28)19-18(16-10-7-11-23-20(16)30-19)25-22(26)29-14-17(27)24-13-15-8-5-4-6-9-15/h4-11H,2-3,12-14H2,1H3,(H,24,27). The summed E-state index contributed by atoms with van der Waals surface area (Å²) in [7, 11) is 0. The number of benzene rings is 1. The van der Waals surface area contributed by atoms with E-state index in [0.29, 0.717) is 28.5 Å². The van der Waals surface area contributed by atoms with Gasteiger partial charge in [-0.1, -0.05) is 55.4 Å². The third kappa shape index (κ3) is 4.39. The van der Waals surface area contributed by atoms with E-state index in [1.165, 1.54) is 23.1 Å². The number of rotatable bonds is 8. The number of unbranched alkanes of at least 4 members (excludes halogenated alkanes) is 1. The third-order valence-corrected chi connectivity index (χ3v) is 6.79. The maximum Gasteiger partial charge on any atom is 0.272 e. The maximum absolute atomic E-state index is 13.2. The molecule has 30 heavy (non-hydrogen) atoms. The van der Waals surface area contributed by atoms with Gasteiger partial charge in [0.05, 0.1) is 11.3 Å². The minimum Gasteiger partial charge on any atom is -0.351 e. The highest BCUT2D eigenvalue weighted by Gasteiger charge is 2.17. The first-order valence-corrected chi connectivity index (χ1v) is 11.7. The molecule has 0 saturated carbocycles. The molecule has 0 unspecified atom stereocenters. The summed E-state index contributed by atoms with van der Waals surface area (Å²) >= 11 is 2.68. The van der Waals surface area contributed by atoms with Gasteiger partial charge in [-0.05, 0) is 24.1 Å². The van der Waals surface area contributed by atoms with E-state index in [9.17, 15) is 9.59 Å². The number of nitrogens with zero attached hydrogens (tertiary/aromatic N) is 3. The van der Waals surface area contributed by atoms with Crippen molar-refractivity contribution in [1.29, 1.82) is 0 Å². The maximum atomic E-state index is 13.2. The third-order valence-electron chi connectivity index (χ3n) is 4.72. The van der Waals surface area contributed by atoms with Crippen LogP contribution >= 0.6 is 23.1 Å². The smallest absolute Gasteiger partial charge is 0.272 e. The first-order chi connectivity index (χ1) is 14.7. The number of aromatic nitrogens is 3. The summed E-state index contributed by atoms with van der Waals surface area (Å²) < 4.78 is 2.33. The van der Waals surface area contributed by atoms with Crippen LogP contribution in [0.3, 0.4) is 0 Å². The Balaban J connectivity index is 1.58. The molecule has 8 heteroatoms. The van der Waals surface area contributed by atoms with E-state index < -0.39 is 0 Å². The first kappa shape index (κ1) is 20.6. The molecule has 0 bridgehead atoms. The molecule has 1 aromatic carbocycles. The van der Waals surface area contributed by atoms with Crippen molar-refractivity contribution in [2.75, 3.05) is 5.75 Å². The van der Waals surface area contributed by atoms with Gasteiger partial charge in [-0.25, -0.2) is 9.97 Å². The van der Waals surface area contributed by atoms with Crippen molar-refractivity contribution in [2.24, 2.45) is 0 Å². The van der Waals surface area contributed by atoms with Crippen LogP contribution in [0.5, 0.6) is 0 Å². The van der Waals surface area contributed by atoms with Crippen LogP contribution in [-0.2, 0) is 17.9 Å². The molecule has 0 atom stereocenters. The van der Waals surface area contributed by atoms with E-state index in [0.717, 1.165) is 28.6 Å². The van der Waals surface area contributed by atoms with Crippen LogP contribution in [-0.4, -0.2) is 26.2 Å². The van der Waals surface area contributed by atoms with Gasteiger partial charge in [-0.2, -0.15) is 0 Å². The van der Waals surface area contributed by atoms with E-state index in [-0.39, 0.29) is 17.2 Å². The molecule has 4 aromatic rings. The Hall–Kier alpha value is -2.71. The predicted molar refractivity (Wildman–Crippen MR) is 123 cm³/mol. The van der Waals surface area contributed by atoms with Crippen molar-refractivity contribution in [2.45, 2.75) is 38.0 Å².